The molecule has 0 unspecified atom stereocenters. The van der Waals surface area contributed by atoms with Gasteiger partial charge in [0, 0.05) is 31.4 Å². The van der Waals surface area contributed by atoms with E-state index < -0.39 is 17.7 Å². The highest BCUT2D eigenvalue weighted by atomic mass is 19.1. The number of amides is 1. The molecule has 8 nitrogen and oxygen atoms in total. The minimum atomic E-state index is -0.648. The van der Waals surface area contributed by atoms with Crippen molar-refractivity contribution in [2.45, 2.75) is 90.8 Å². The fourth-order valence-corrected chi connectivity index (χ4v) is 4.20. The summed E-state index contributed by atoms with van der Waals surface area (Å²) >= 11 is 0. The maximum atomic E-state index is 13.3. The second kappa shape index (κ2) is 16.0. The van der Waals surface area contributed by atoms with E-state index in [0.717, 1.165) is 31.2 Å². The molecule has 1 aliphatic carbocycles. The number of ether oxygens (including phenoxy) is 3. The van der Waals surface area contributed by atoms with Crippen LogP contribution in [0.5, 0.6) is 0 Å². The molecule has 1 aromatic carbocycles. The van der Waals surface area contributed by atoms with Crippen LogP contribution in [0.3, 0.4) is 0 Å². The van der Waals surface area contributed by atoms with E-state index in [1.807, 2.05) is 6.07 Å². The van der Waals surface area contributed by atoms with Crippen molar-refractivity contribution in [3.05, 3.63) is 46.9 Å². The number of carbonyl (C=O) groups excluding carboxylic acids is 2. The highest BCUT2D eigenvalue weighted by molar-refractivity contribution is 5.93. The lowest BCUT2D eigenvalue weighted by molar-refractivity contribution is -0.138. The zero-order valence-electron chi connectivity index (χ0n) is 23.2. The Morgan fingerprint density at radius 3 is 2.42 bits per heavy atom. The van der Waals surface area contributed by atoms with E-state index in [-0.39, 0.29) is 37.2 Å². The minimum Gasteiger partial charge on any atom is -0.462 e. The third-order valence-corrected chi connectivity index (χ3v) is 6.04. The molecule has 9 heteroatoms. The number of hydrogen-bond acceptors (Lipinski definition) is 7. The first-order chi connectivity index (χ1) is 18.1. The third kappa shape index (κ3) is 11.5. The van der Waals surface area contributed by atoms with Gasteiger partial charge in [-0.15, -0.1) is 0 Å². The summed E-state index contributed by atoms with van der Waals surface area (Å²) in [5.41, 5.74) is 0.759. The van der Waals surface area contributed by atoms with E-state index >= 15 is 0 Å². The van der Waals surface area contributed by atoms with Crippen LogP contribution in [0.4, 0.5) is 9.18 Å². The van der Waals surface area contributed by atoms with E-state index in [9.17, 15) is 19.2 Å². The van der Waals surface area contributed by atoms with Crippen LogP contribution in [-0.2, 0) is 25.5 Å². The molecule has 1 amide bonds. The summed E-state index contributed by atoms with van der Waals surface area (Å²) in [6.07, 6.45) is 6.07. The van der Waals surface area contributed by atoms with Crippen LogP contribution in [0.15, 0.2) is 35.5 Å². The van der Waals surface area contributed by atoms with Crippen molar-refractivity contribution in [1.29, 1.82) is 5.26 Å². The molecule has 0 aromatic heterocycles. The quantitative estimate of drug-likeness (QED) is 0.153. The van der Waals surface area contributed by atoms with Crippen molar-refractivity contribution in [2.75, 3.05) is 26.4 Å². The smallest absolute Gasteiger partial charge is 0.410 e. The van der Waals surface area contributed by atoms with Gasteiger partial charge in [-0.05, 0) is 71.1 Å². The van der Waals surface area contributed by atoms with Crippen molar-refractivity contribution >= 4 is 12.1 Å². The lowest BCUT2D eigenvalue weighted by Crippen LogP contribution is -2.38. The second-order valence-corrected chi connectivity index (χ2v) is 10.4. The average molecular weight is 532 g/mol. The van der Waals surface area contributed by atoms with Crippen molar-refractivity contribution in [3.8, 4) is 6.07 Å². The zero-order chi connectivity index (χ0) is 28.0. The average Bonchev–Trinajstić information content (AvgIpc) is 2.86. The maximum absolute atomic E-state index is 13.3. The number of esters is 1. The largest absolute Gasteiger partial charge is 0.462 e. The minimum absolute atomic E-state index is 0.0211. The summed E-state index contributed by atoms with van der Waals surface area (Å²) in [6, 6.07) is 8.25. The van der Waals surface area contributed by atoms with Gasteiger partial charge in [-0.2, -0.15) is 5.26 Å². The van der Waals surface area contributed by atoms with E-state index in [1.165, 1.54) is 23.5 Å². The summed E-state index contributed by atoms with van der Waals surface area (Å²) in [7, 11) is 0. The van der Waals surface area contributed by atoms with E-state index in [2.05, 4.69) is 5.32 Å². The number of nitrogens with one attached hydrogen (secondary N) is 1. The van der Waals surface area contributed by atoms with Gasteiger partial charge in [-0.25, -0.2) is 14.0 Å². The molecule has 1 N–H and O–H groups in total. The fraction of sp³-hybridized carbons (Fsp3) is 0.621. The van der Waals surface area contributed by atoms with Crippen molar-refractivity contribution in [3.63, 3.8) is 0 Å². The zero-order valence-corrected chi connectivity index (χ0v) is 23.2. The number of hydrogen-bond donors (Lipinski definition) is 1. The summed E-state index contributed by atoms with van der Waals surface area (Å²) in [6.45, 7) is 8.54. The molecule has 0 saturated heterocycles. The van der Waals surface area contributed by atoms with Crippen LogP contribution in [0, 0.1) is 17.1 Å². The molecule has 0 atom stereocenters. The van der Waals surface area contributed by atoms with Crippen LogP contribution in [0.1, 0.15) is 78.2 Å². The Balaban J connectivity index is 1.93. The normalized spacial score (nSPS) is 14.7. The van der Waals surface area contributed by atoms with Crippen LogP contribution in [0.25, 0.3) is 0 Å². The maximum Gasteiger partial charge on any atom is 0.410 e. The first-order valence-corrected chi connectivity index (χ1v) is 13.5. The Morgan fingerprint density at radius 1 is 1.13 bits per heavy atom. The summed E-state index contributed by atoms with van der Waals surface area (Å²) in [5, 5.41) is 13.1. The Labute approximate surface area is 226 Å². The number of carbonyl (C=O) groups is 2. The predicted molar refractivity (Wildman–Crippen MR) is 142 cm³/mol. The lowest BCUT2D eigenvalue weighted by Gasteiger charge is -2.27. The molecule has 1 aromatic rings. The fourth-order valence-electron chi connectivity index (χ4n) is 4.20. The Bertz CT molecular complexity index is 960. The highest BCUT2D eigenvalue weighted by Gasteiger charge is 2.23. The number of benzene rings is 1. The molecule has 210 valence electrons. The van der Waals surface area contributed by atoms with Crippen LogP contribution in [0.2, 0.25) is 0 Å². The standard InChI is InChI=1S/C29H42FN3O5/c1-5-37-27(34)25(20-31)26(32-24-10-7-6-8-11-24)12-9-18-36-19-17-33(28(35)38-29(2,3)4)21-22-13-15-23(30)16-14-22/h13-16,24,32H,5-12,17-19,21H2,1-4H3/b26-25-. The van der Waals surface area contributed by atoms with Gasteiger partial charge in [0.25, 0.3) is 0 Å². The van der Waals surface area contributed by atoms with Gasteiger partial charge < -0.3 is 24.4 Å². The van der Waals surface area contributed by atoms with Gasteiger partial charge in [0.05, 0.1) is 13.2 Å². The van der Waals surface area contributed by atoms with Gasteiger partial charge in [0.1, 0.15) is 17.5 Å². The summed E-state index contributed by atoms with van der Waals surface area (Å²) in [5.74, 6) is -0.946. The Kier molecular flexibility index (Phi) is 13.1. The van der Waals surface area contributed by atoms with Gasteiger partial charge in [0.15, 0.2) is 5.57 Å². The molecule has 0 spiro atoms. The molecular formula is C29H42FN3O5. The topological polar surface area (TPSA) is 101 Å². The van der Waals surface area contributed by atoms with Gasteiger partial charge in [0.2, 0.25) is 0 Å². The number of halogens is 1. The Hall–Kier alpha value is -3.12. The molecule has 38 heavy (non-hydrogen) atoms. The SMILES string of the molecule is CCOC(=O)/C(C#N)=C(/CCCOCCN(Cc1ccc(F)cc1)C(=O)OC(C)(C)C)NC1CCCCC1. The molecule has 1 saturated carbocycles. The first-order valence-electron chi connectivity index (χ1n) is 13.5. The molecule has 1 fully saturated rings. The van der Waals surface area contributed by atoms with Crippen LogP contribution < -0.4 is 5.32 Å². The van der Waals surface area contributed by atoms with E-state index in [0.29, 0.717) is 31.7 Å². The van der Waals surface area contributed by atoms with Crippen LogP contribution >= 0.6 is 0 Å². The second-order valence-electron chi connectivity index (χ2n) is 10.4. The number of nitriles is 1. The van der Waals surface area contributed by atoms with Gasteiger partial charge in [-0.3, -0.25) is 0 Å². The van der Waals surface area contributed by atoms with Crippen molar-refractivity contribution in [2.24, 2.45) is 0 Å². The molecule has 0 aliphatic heterocycles. The number of rotatable bonds is 13. The molecule has 2 rings (SSSR count). The number of nitrogens with zero attached hydrogens (tertiary/aromatic N) is 2. The Morgan fingerprint density at radius 2 is 1.82 bits per heavy atom. The predicted octanol–water partition coefficient (Wildman–Crippen LogP) is 5.62. The summed E-state index contributed by atoms with van der Waals surface area (Å²) < 4.78 is 29.7. The number of allylic oxidation sites excluding steroid dienone is 1. The van der Waals surface area contributed by atoms with Crippen molar-refractivity contribution in [1.82, 2.24) is 10.2 Å². The summed E-state index contributed by atoms with van der Waals surface area (Å²) in [4.78, 5) is 26.6. The van der Waals surface area contributed by atoms with E-state index in [1.54, 1.807) is 39.8 Å². The van der Waals surface area contributed by atoms with Gasteiger partial charge >= 0.3 is 12.1 Å². The highest BCUT2D eigenvalue weighted by Crippen LogP contribution is 2.21. The van der Waals surface area contributed by atoms with E-state index in [4.69, 9.17) is 14.2 Å². The third-order valence-electron chi connectivity index (χ3n) is 6.04. The monoisotopic (exact) mass is 531 g/mol. The van der Waals surface area contributed by atoms with Gasteiger partial charge in [-0.1, -0.05) is 31.4 Å². The molecule has 0 radical (unpaired) electrons. The lowest BCUT2D eigenvalue weighted by atomic mass is 9.94. The van der Waals surface area contributed by atoms with Crippen LogP contribution in [-0.4, -0.2) is 55.0 Å². The molecular weight excluding hydrogens is 489 g/mol. The molecule has 0 bridgehead atoms. The first kappa shape index (κ1) is 31.1. The molecule has 0 heterocycles. The van der Waals surface area contributed by atoms with Crippen molar-refractivity contribution < 1.29 is 28.2 Å². The molecule has 1 aliphatic rings.